The summed E-state index contributed by atoms with van der Waals surface area (Å²) in [5.74, 6) is 0.554. The van der Waals surface area contributed by atoms with Gasteiger partial charge in [0.05, 0.1) is 5.69 Å². The Bertz CT molecular complexity index is 372. The van der Waals surface area contributed by atoms with E-state index in [2.05, 4.69) is 0 Å². The van der Waals surface area contributed by atoms with Gasteiger partial charge in [0.25, 0.3) is 0 Å². The lowest BCUT2D eigenvalue weighted by molar-refractivity contribution is 0.537. The number of nitrogens with zero attached hydrogens (tertiary/aromatic N) is 1. The van der Waals surface area contributed by atoms with Gasteiger partial charge in [-0.2, -0.15) is 0 Å². The first-order valence-electron chi connectivity index (χ1n) is 6.41. The third-order valence-electron chi connectivity index (χ3n) is 3.68. The van der Waals surface area contributed by atoms with Gasteiger partial charge in [0, 0.05) is 20.1 Å². The molecule has 0 atom stereocenters. The summed E-state index contributed by atoms with van der Waals surface area (Å²) < 4.78 is 13.9. The van der Waals surface area contributed by atoms with Crippen molar-refractivity contribution in [3.63, 3.8) is 0 Å². The molecule has 17 heavy (non-hydrogen) atoms. The van der Waals surface area contributed by atoms with Crippen LogP contribution in [0.25, 0.3) is 0 Å². The molecule has 0 aromatic heterocycles. The molecule has 1 aromatic carbocycles. The highest BCUT2D eigenvalue weighted by Crippen LogP contribution is 2.29. The van der Waals surface area contributed by atoms with Crippen LogP contribution in [-0.4, -0.2) is 13.6 Å². The first kappa shape index (κ1) is 12.4. The van der Waals surface area contributed by atoms with Crippen LogP contribution in [0.2, 0.25) is 0 Å². The largest absolute Gasteiger partial charge is 0.372 e. The molecule has 2 nitrogen and oxygen atoms in total. The van der Waals surface area contributed by atoms with Crippen LogP contribution in [0.3, 0.4) is 0 Å². The highest BCUT2D eigenvalue weighted by molar-refractivity contribution is 5.54. The van der Waals surface area contributed by atoms with Crippen molar-refractivity contribution in [1.82, 2.24) is 0 Å². The molecule has 0 spiro atoms. The minimum atomic E-state index is -0.159. The van der Waals surface area contributed by atoms with E-state index >= 15 is 0 Å². The lowest BCUT2D eigenvalue weighted by Crippen LogP contribution is -2.26. The number of nitrogens with two attached hydrogens (primary N) is 1. The normalized spacial score (nSPS) is 16.4. The number of hydrogen-bond donors (Lipinski definition) is 1. The van der Waals surface area contributed by atoms with E-state index in [1.54, 1.807) is 6.07 Å². The van der Waals surface area contributed by atoms with Crippen molar-refractivity contribution in [3.8, 4) is 0 Å². The number of hydrogen-bond acceptors (Lipinski definition) is 2. The lowest BCUT2D eigenvalue weighted by atomic mass is 10.1. The summed E-state index contributed by atoms with van der Waals surface area (Å²) in [6, 6.07) is 5.15. The fraction of sp³-hybridized carbons (Fsp3) is 0.571. The summed E-state index contributed by atoms with van der Waals surface area (Å²) >= 11 is 0. The minimum Gasteiger partial charge on any atom is -0.372 e. The van der Waals surface area contributed by atoms with E-state index in [1.807, 2.05) is 18.0 Å². The van der Waals surface area contributed by atoms with Crippen molar-refractivity contribution in [2.75, 3.05) is 18.5 Å². The second kappa shape index (κ2) is 5.50. The van der Waals surface area contributed by atoms with Crippen LogP contribution in [0, 0.1) is 11.7 Å². The van der Waals surface area contributed by atoms with Crippen LogP contribution in [-0.2, 0) is 6.54 Å². The van der Waals surface area contributed by atoms with E-state index < -0.39 is 0 Å². The second-order valence-electron chi connectivity index (χ2n) is 4.98. The monoisotopic (exact) mass is 236 g/mol. The summed E-state index contributed by atoms with van der Waals surface area (Å²) in [5.41, 5.74) is 7.25. The Morgan fingerprint density at radius 2 is 2.06 bits per heavy atom. The van der Waals surface area contributed by atoms with Crippen molar-refractivity contribution in [1.29, 1.82) is 0 Å². The molecule has 0 unspecified atom stereocenters. The molecule has 2 N–H and O–H groups in total. The average molecular weight is 236 g/mol. The van der Waals surface area contributed by atoms with Gasteiger partial charge < -0.3 is 10.6 Å². The summed E-state index contributed by atoms with van der Waals surface area (Å²) in [7, 11) is 1.97. The molecule has 1 aliphatic rings. The molecule has 0 aliphatic heterocycles. The topological polar surface area (TPSA) is 29.3 Å². The maximum absolute atomic E-state index is 13.9. The average Bonchev–Trinajstić information content (AvgIpc) is 2.81. The number of para-hydroxylation sites is 1. The summed E-state index contributed by atoms with van der Waals surface area (Å²) in [5, 5.41) is 0. The van der Waals surface area contributed by atoms with E-state index in [-0.39, 0.29) is 5.82 Å². The number of anilines is 1. The van der Waals surface area contributed by atoms with Crippen molar-refractivity contribution < 1.29 is 4.39 Å². The van der Waals surface area contributed by atoms with Gasteiger partial charge in [-0.1, -0.05) is 25.0 Å². The highest BCUT2D eigenvalue weighted by atomic mass is 19.1. The fourth-order valence-corrected chi connectivity index (χ4v) is 2.82. The summed E-state index contributed by atoms with van der Waals surface area (Å²) in [6.07, 6.45) is 5.19. The number of benzene rings is 1. The Hall–Kier alpha value is -1.09. The van der Waals surface area contributed by atoms with Crippen LogP contribution in [0.4, 0.5) is 10.1 Å². The van der Waals surface area contributed by atoms with Crippen LogP contribution in [0.1, 0.15) is 31.2 Å². The van der Waals surface area contributed by atoms with Gasteiger partial charge in [-0.15, -0.1) is 0 Å². The molecule has 1 aliphatic carbocycles. The fourth-order valence-electron chi connectivity index (χ4n) is 2.82. The van der Waals surface area contributed by atoms with E-state index in [1.165, 1.54) is 31.7 Å². The third-order valence-corrected chi connectivity index (χ3v) is 3.68. The molecule has 1 fully saturated rings. The predicted octanol–water partition coefficient (Wildman–Crippen LogP) is 2.91. The molecular formula is C14H21FN2. The molecule has 2 rings (SSSR count). The standard InChI is InChI=1S/C14H21FN2/c1-17(10-11-5-2-3-6-11)14-12(9-16)7-4-8-13(14)15/h4,7-8,11H,2-3,5-6,9-10,16H2,1H3. The van der Waals surface area contributed by atoms with Crippen LogP contribution < -0.4 is 10.6 Å². The Kier molecular flexibility index (Phi) is 4.00. The highest BCUT2D eigenvalue weighted by Gasteiger charge is 2.19. The first-order valence-corrected chi connectivity index (χ1v) is 6.41. The molecule has 0 saturated heterocycles. The summed E-state index contributed by atoms with van der Waals surface area (Å²) in [4.78, 5) is 2.04. The van der Waals surface area contributed by atoms with Gasteiger partial charge in [0.15, 0.2) is 0 Å². The van der Waals surface area contributed by atoms with E-state index in [0.717, 1.165) is 12.1 Å². The van der Waals surface area contributed by atoms with Gasteiger partial charge in [-0.25, -0.2) is 4.39 Å². The summed E-state index contributed by atoms with van der Waals surface area (Å²) in [6.45, 7) is 1.33. The zero-order valence-corrected chi connectivity index (χ0v) is 10.5. The second-order valence-corrected chi connectivity index (χ2v) is 4.98. The van der Waals surface area contributed by atoms with Gasteiger partial charge in [-0.05, 0) is 30.4 Å². The molecule has 0 heterocycles. The Labute approximate surface area is 103 Å². The Morgan fingerprint density at radius 3 is 2.71 bits per heavy atom. The lowest BCUT2D eigenvalue weighted by Gasteiger charge is -2.25. The molecular weight excluding hydrogens is 215 g/mol. The first-order chi connectivity index (χ1) is 8.22. The zero-order chi connectivity index (χ0) is 12.3. The minimum absolute atomic E-state index is 0.159. The molecule has 1 aromatic rings. The third kappa shape index (κ3) is 2.78. The number of halogens is 1. The van der Waals surface area contributed by atoms with Crippen molar-refractivity contribution in [2.45, 2.75) is 32.2 Å². The van der Waals surface area contributed by atoms with E-state index in [0.29, 0.717) is 18.2 Å². The van der Waals surface area contributed by atoms with Gasteiger partial charge in [0.2, 0.25) is 0 Å². The van der Waals surface area contributed by atoms with E-state index in [9.17, 15) is 4.39 Å². The Morgan fingerprint density at radius 1 is 1.35 bits per heavy atom. The van der Waals surface area contributed by atoms with Crippen LogP contribution in [0.15, 0.2) is 18.2 Å². The van der Waals surface area contributed by atoms with Gasteiger partial charge in [0.1, 0.15) is 5.82 Å². The molecule has 94 valence electrons. The molecule has 0 amide bonds. The van der Waals surface area contributed by atoms with Crippen LogP contribution >= 0.6 is 0 Å². The molecule has 3 heteroatoms. The Balaban J connectivity index is 2.14. The quantitative estimate of drug-likeness (QED) is 0.871. The van der Waals surface area contributed by atoms with Gasteiger partial charge in [-0.3, -0.25) is 0 Å². The zero-order valence-electron chi connectivity index (χ0n) is 10.5. The molecule has 1 saturated carbocycles. The van der Waals surface area contributed by atoms with Crippen molar-refractivity contribution >= 4 is 5.69 Å². The molecule has 0 radical (unpaired) electrons. The number of rotatable bonds is 4. The van der Waals surface area contributed by atoms with Crippen molar-refractivity contribution in [3.05, 3.63) is 29.6 Å². The van der Waals surface area contributed by atoms with Crippen molar-refractivity contribution in [2.24, 2.45) is 11.7 Å². The smallest absolute Gasteiger partial charge is 0.146 e. The van der Waals surface area contributed by atoms with Crippen LogP contribution in [0.5, 0.6) is 0 Å². The maximum atomic E-state index is 13.9. The van der Waals surface area contributed by atoms with E-state index in [4.69, 9.17) is 5.73 Å². The SMILES string of the molecule is CN(CC1CCCC1)c1c(F)cccc1CN. The predicted molar refractivity (Wildman–Crippen MR) is 69.5 cm³/mol. The maximum Gasteiger partial charge on any atom is 0.146 e. The van der Waals surface area contributed by atoms with Gasteiger partial charge >= 0.3 is 0 Å². The molecule has 0 bridgehead atoms.